The minimum atomic E-state index is 0.127. The van der Waals surface area contributed by atoms with E-state index in [1.165, 1.54) is 32.1 Å². The molecule has 0 saturated heterocycles. The molecule has 0 aliphatic heterocycles. The van der Waals surface area contributed by atoms with E-state index in [0.29, 0.717) is 18.7 Å². The van der Waals surface area contributed by atoms with E-state index < -0.39 is 0 Å². The molecule has 0 radical (unpaired) electrons. The lowest BCUT2D eigenvalue weighted by molar-refractivity contribution is 0.113. The van der Waals surface area contributed by atoms with Gasteiger partial charge < -0.3 is 10.4 Å². The van der Waals surface area contributed by atoms with Crippen molar-refractivity contribution >= 4 is 0 Å². The molecular formula is C12H25NO. The van der Waals surface area contributed by atoms with E-state index in [1.807, 2.05) is 0 Å². The Morgan fingerprint density at radius 2 is 2.29 bits per heavy atom. The fraction of sp³-hybridized carbons (Fsp3) is 1.00. The van der Waals surface area contributed by atoms with Crippen molar-refractivity contribution in [3.05, 3.63) is 0 Å². The smallest absolute Gasteiger partial charge is 0.0499 e. The summed E-state index contributed by atoms with van der Waals surface area (Å²) >= 11 is 0. The summed E-state index contributed by atoms with van der Waals surface area (Å²) in [4.78, 5) is 0. The Morgan fingerprint density at radius 1 is 1.57 bits per heavy atom. The first-order valence-electron chi connectivity index (χ1n) is 5.99. The van der Waals surface area contributed by atoms with E-state index in [1.54, 1.807) is 0 Å². The minimum Gasteiger partial charge on any atom is -0.396 e. The summed E-state index contributed by atoms with van der Waals surface area (Å²) in [6.07, 6.45) is 6.12. The van der Waals surface area contributed by atoms with Gasteiger partial charge in [-0.05, 0) is 26.2 Å². The first-order chi connectivity index (χ1) is 6.62. The molecular weight excluding hydrogens is 174 g/mol. The zero-order valence-corrected chi connectivity index (χ0v) is 9.84. The van der Waals surface area contributed by atoms with Crippen LogP contribution in [-0.4, -0.2) is 23.8 Å². The summed E-state index contributed by atoms with van der Waals surface area (Å²) in [6.45, 7) is 7.00. The second-order valence-corrected chi connectivity index (χ2v) is 5.11. The van der Waals surface area contributed by atoms with Gasteiger partial charge in [-0.25, -0.2) is 0 Å². The quantitative estimate of drug-likeness (QED) is 0.712. The van der Waals surface area contributed by atoms with E-state index in [9.17, 15) is 5.11 Å². The first-order valence-corrected chi connectivity index (χ1v) is 5.99. The molecule has 2 N–H and O–H groups in total. The summed E-state index contributed by atoms with van der Waals surface area (Å²) in [5, 5.41) is 13.1. The van der Waals surface area contributed by atoms with Crippen molar-refractivity contribution in [3.8, 4) is 0 Å². The van der Waals surface area contributed by atoms with Gasteiger partial charge in [-0.2, -0.15) is 0 Å². The Balaban J connectivity index is 2.43. The van der Waals surface area contributed by atoms with Crippen LogP contribution in [0.4, 0.5) is 0 Å². The summed E-state index contributed by atoms with van der Waals surface area (Å²) in [5.41, 5.74) is 0.127. The van der Waals surface area contributed by atoms with Crippen molar-refractivity contribution in [2.75, 3.05) is 6.61 Å². The van der Waals surface area contributed by atoms with Crippen LogP contribution in [0.5, 0.6) is 0 Å². The van der Waals surface area contributed by atoms with Gasteiger partial charge in [0.25, 0.3) is 0 Å². The van der Waals surface area contributed by atoms with Crippen LogP contribution in [0.1, 0.15) is 52.9 Å². The maximum atomic E-state index is 9.40. The number of rotatable bonds is 5. The normalized spacial score (nSPS) is 34.7. The van der Waals surface area contributed by atoms with E-state index in [4.69, 9.17) is 0 Å². The highest BCUT2D eigenvalue weighted by atomic mass is 16.3. The van der Waals surface area contributed by atoms with Gasteiger partial charge in [-0.1, -0.05) is 26.7 Å². The molecule has 3 atom stereocenters. The van der Waals surface area contributed by atoms with E-state index >= 15 is 0 Å². The summed E-state index contributed by atoms with van der Waals surface area (Å²) in [7, 11) is 0. The second-order valence-electron chi connectivity index (χ2n) is 5.11. The van der Waals surface area contributed by atoms with Crippen LogP contribution < -0.4 is 5.32 Å². The van der Waals surface area contributed by atoms with Gasteiger partial charge in [0.15, 0.2) is 0 Å². The molecule has 0 aromatic rings. The number of aliphatic hydroxyl groups is 1. The Morgan fingerprint density at radius 3 is 2.86 bits per heavy atom. The predicted molar refractivity (Wildman–Crippen MR) is 60.3 cm³/mol. The Hall–Kier alpha value is -0.0800. The zero-order chi connectivity index (χ0) is 10.6. The molecule has 0 aromatic carbocycles. The third-order valence-electron chi connectivity index (χ3n) is 3.65. The molecule has 84 valence electrons. The second kappa shape index (κ2) is 5.13. The highest BCUT2D eigenvalue weighted by molar-refractivity contribution is 4.93. The topological polar surface area (TPSA) is 32.3 Å². The third kappa shape index (κ3) is 2.71. The average molecular weight is 199 g/mol. The Kier molecular flexibility index (Phi) is 4.39. The molecule has 3 unspecified atom stereocenters. The Bertz CT molecular complexity index is 172. The predicted octanol–water partition coefficient (Wildman–Crippen LogP) is 2.32. The molecule has 0 bridgehead atoms. The zero-order valence-electron chi connectivity index (χ0n) is 9.84. The molecule has 1 saturated carbocycles. The van der Waals surface area contributed by atoms with E-state index in [-0.39, 0.29) is 5.41 Å². The van der Waals surface area contributed by atoms with Crippen LogP contribution in [0, 0.1) is 5.41 Å². The largest absolute Gasteiger partial charge is 0.396 e. The van der Waals surface area contributed by atoms with Crippen LogP contribution in [-0.2, 0) is 0 Å². The molecule has 2 nitrogen and oxygen atoms in total. The van der Waals surface area contributed by atoms with Gasteiger partial charge in [0.1, 0.15) is 0 Å². The highest BCUT2D eigenvalue weighted by Crippen LogP contribution is 2.37. The fourth-order valence-electron chi connectivity index (χ4n) is 2.57. The number of nitrogens with one attached hydrogen (secondary N) is 1. The maximum Gasteiger partial charge on any atom is 0.0499 e. The SMILES string of the molecule is CCCC(C)NC1CCCC1(C)CO. The first kappa shape index (κ1) is 12.0. The lowest BCUT2D eigenvalue weighted by Gasteiger charge is -2.32. The highest BCUT2D eigenvalue weighted by Gasteiger charge is 2.38. The molecule has 0 aromatic heterocycles. The summed E-state index contributed by atoms with van der Waals surface area (Å²) in [6, 6.07) is 1.11. The summed E-state index contributed by atoms with van der Waals surface area (Å²) < 4.78 is 0. The lowest BCUT2D eigenvalue weighted by Crippen LogP contribution is -2.45. The molecule has 0 heterocycles. The van der Waals surface area contributed by atoms with Crippen molar-refractivity contribution < 1.29 is 5.11 Å². The maximum absolute atomic E-state index is 9.40. The molecule has 0 amide bonds. The molecule has 1 aliphatic rings. The van der Waals surface area contributed by atoms with Gasteiger partial charge in [0, 0.05) is 24.1 Å². The molecule has 1 fully saturated rings. The average Bonchev–Trinajstić information content (AvgIpc) is 2.49. The molecule has 1 aliphatic carbocycles. The number of aliphatic hydroxyl groups excluding tert-OH is 1. The molecule has 0 spiro atoms. The van der Waals surface area contributed by atoms with Crippen LogP contribution in [0.2, 0.25) is 0 Å². The van der Waals surface area contributed by atoms with Gasteiger partial charge in [0.05, 0.1) is 0 Å². The molecule has 2 heteroatoms. The van der Waals surface area contributed by atoms with E-state index in [0.717, 1.165) is 0 Å². The van der Waals surface area contributed by atoms with Gasteiger partial charge >= 0.3 is 0 Å². The van der Waals surface area contributed by atoms with Gasteiger partial charge in [0.2, 0.25) is 0 Å². The fourth-order valence-corrected chi connectivity index (χ4v) is 2.57. The summed E-state index contributed by atoms with van der Waals surface area (Å²) in [5.74, 6) is 0. The third-order valence-corrected chi connectivity index (χ3v) is 3.65. The van der Waals surface area contributed by atoms with Crippen molar-refractivity contribution in [3.63, 3.8) is 0 Å². The molecule has 14 heavy (non-hydrogen) atoms. The van der Waals surface area contributed by atoms with Gasteiger partial charge in [-0.15, -0.1) is 0 Å². The Labute approximate surface area is 88.1 Å². The minimum absolute atomic E-state index is 0.127. The van der Waals surface area contributed by atoms with Crippen LogP contribution in [0.3, 0.4) is 0 Å². The van der Waals surface area contributed by atoms with Crippen molar-refractivity contribution in [1.29, 1.82) is 0 Å². The number of hydrogen-bond acceptors (Lipinski definition) is 2. The van der Waals surface area contributed by atoms with Crippen molar-refractivity contribution in [2.45, 2.75) is 65.0 Å². The lowest BCUT2D eigenvalue weighted by atomic mass is 9.85. The van der Waals surface area contributed by atoms with Crippen LogP contribution in [0.25, 0.3) is 0 Å². The monoisotopic (exact) mass is 199 g/mol. The van der Waals surface area contributed by atoms with Crippen LogP contribution in [0.15, 0.2) is 0 Å². The van der Waals surface area contributed by atoms with Crippen LogP contribution >= 0.6 is 0 Å². The van der Waals surface area contributed by atoms with Crippen molar-refractivity contribution in [2.24, 2.45) is 5.41 Å². The molecule has 1 rings (SSSR count). The van der Waals surface area contributed by atoms with Crippen molar-refractivity contribution in [1.82, 2.24) is 5.32 Å². The number of hydrogen-bond donors (Lipinski definition) is 2. The van der Waals surface area contributed by atoms with E-state index in [2.05, 4.69) is 26.1 Å². The standard InChI is InChI=1S/C12H25NO/c1-4-6-10(2)13-11-7-5-8-12(11,3)9-14/h10-11,13-14H,4-9H2,1-3H3. The van der Waals surface area contributed by atoms with Gasteiger partial charge in [-0.3, -0.25) is 0 Å².